The molecular formula is C16H15N3O. The van der Waals surface area contributed by atoms with Crippen molar-refractivity contribution in [1.82, 2.24) is 9.78 Å². The van der Waals surface area contributed by atoms with Crippen molar-refractivity contribution in [2.24, 2.45) is 0 Å². The van der Waals surface area contributed by atoms with Gasteiger partial charge in [0.15, 0.2) is 6.29 Å². The molecule has 1 aromatic heterocycles. The third kappa shape index (κ3) is 2.23. The number of aromatic nitrogens is 2. The van der Waals surface area contributed by atoms with Gasteiger partial charge < -0.3 is 0 Å². The molecule has 0 aliphatic heterocycles. The maximum atomic E-state index is 11.2. The average Bonchev–Trinajstić information content (AvgIpc) is 3.16. The molecule has 4 heteroatoms. The molecule has 1 aromatic carbocycles. The molecule has 1 fully saturated rings. The molecule has 0 N–H and O–H groups in total. The van der Waals surface area contributed by atoms with E-state index >= 15 is 0 Å². The summed E-state index contributed by atoms with van der Waals surface area (Å²) in [4.78, 5) is 11.2. The minimum Gasteiger partial charge on any atom is -0.298 e. The zero-order chi connectivity index (χ0) is 13.9. The fraction of sp³-hybridized carbons (Fsp3) is 0.312. The summed E-state index contributed by atoms with van der Waals surface area (Å²) in [5, 5.41) is 13.4. The van der Waals surface area contributed by atoms with Gasteiger partial charge in [-0.05, 0) is 25.0 Å². The van der Waals surface area contributed by atoms with Gasteiger partial charge in [-0.15, -0.1) is 0 Å². The van der Waals surface area contributed by atoms with E-state index in [4.69, 9.17) is 5.26 Å². The third-order valence-electron chi connectivity index (χ3n) is 3.87. The molecule has 2 aromatic rings. The van der Waals surface area contributed by atoms with Crippen LogP contribution in [0.5, 0.6) is 0 Å². The molecular weight excluding hydrogens is 250 g/mol. The van der Waals surface area contributed by atoms with Crippen LogP contribution in [0, 0.1) is 11.3 Å². The van der Waals surface area contributed by atoms with Gasteiger partial charge in [0.2, 0.25) is 0 Å². The van der Waals surface area contributed by atoms with E-state index in [1.807, 2.05) is 23.0 Å². The Labute approximate surface area is 117 Å². The standard InChI is InChI=1S/C16H15N3O/c17-9-12-5-7-13(8-6-12)16-14(11-20)10-19(18-16)15-3-1-2-4-15/h5-8,10-11,15H,1-4H2. The number of benzene rings is 1. The van der Waals surface area contributed by atoms with Crippen LogP contribution in [0.4, 0.5) is 0 Å². The highest BCUT2D eigenvalue weighted by atomic mass is 16.1. The van der Waals surface area contributed by atoms with E-state index in [9.17, 15) is 4.79 Å². The monoisotopic (exact) mass is 265 g/mol. The molecule has 1 saturated carbocycles. The predicted octanol–water partition coefficient (Wildman–Crippen LogP) is 3.35. The Kier molecular flexibility index (Phi) is 3.34. The normalized spacial score (nSPS) is 15.2. The molecule has 1 heterocycles. The summed E-state index contributed by atoms with van der Waals surface area (Å²) in [5.41, 5.74) is 2.80. The SMILES string of the molecule is N#Cc1ccc(-c2nn(C3CCCC3)cc2C=O)cc1. The van der Waals surface area contributed by atoms with Crippen molar-refractivity contribution < 1.29 is 4.79 Å². The maximum Gasteiger partial charge on any atom is 0.153 e. The number of rotatable bonds is 3. The van der Waals surface area contributed by atoms with Gasteiger partial charge in [-0.25, -0.2) is 0 Å². The zero-order valence-corrected chi connectivity index (χ0v) is 11.1. The Morgan fingerprint density at radius 3 is 2.55 bits per heavy atom. The second-order valence-electron chi connectivity index (χ2n) is 5.16. The highest BCUT2D eigenvalue weighted by molar-refractivity contribution is 5.85. The lowest BCUT2D eigenvalue weighted by Crippen LogP contribution is -2.04. The molecule has 0 saturated heterocycles. The molecule has 0 spiro atoms. The van der Waals surface area contributed by atoms with E-state index in [1.165, 1.54) is 12.8 Å². The van der Waals surface area contributed by atoms with Crippen molar-refractivity contribution in [3.05, 3.63) is 41.6 Å². The van der Waals surface area contributed by atoms with Crippen LogP contribution in [-0.2, 0) is 0 Å². The molecule has 0 radical (unpaired) electrons. The van der Waals surface area contributed by atoms with E-state index < -0.39 is 0 Å². The fourth-order valence-corrected chi connectivity index (χ4v) is 2.77. The number of nitrogens with zero attached hydrogens (tertiary/aromatic N) is 3. The largest absolute Gasteiger partial charge is 0.298 e. The number of hydrogen-bond acceptors (Lipinski definition) is 3. The van der Waals surface area contributed by atoms with Crippen LogP contribution in [0.3, 0.4) is 0 Å². The van der Waals surface area contributed by atoms with Crippen LogP contribution in [0.15, 0.2) is 30.5 Å². The summed E-state index contributed by atoms with van der Waals surface area (Å²) in [6.45, 7) is 0. The molecule has 20 heavy (non-hydrogen) atoms. The predicted molar refractivity (Wildman–Crippen MR) is 75.3 cm³/mol. The molecule has 0 amide bonds. The quantitative estimate of drug-likeness (QED) is 0.799. The maximum absolute atomic E-state index is 11.2. The molecule has 0 atom stereocenters. The molecule has 100 valence electrons. The highest BCUT2D eigenvalue weighted by Crippen LogP contribution is 2.31. The lowest BCUT2D eigenvalue weighted by atomic mass is 10.1. The number of carbonyl (C=O) groups excluding carboxylic acids is 1. The topological polar surface area (TPSA) is 58.7 Å². The fourth-order valence-electron chi connectivity index (χ4n) is 2.77. The van der Waals surface area contributed by atoms with Crippen molar-refractivity contribution in [3.8, 4) is 17.3 Å². The number of nitriles is 1. The van der Waals surface area contributed by atoms with Gasteiger partial charge in [0, 0.05) is 11.8 Å². The molecule has 4 nitrogen and oxygen atoms in total. The highest BCUT2D eigenvalue weighted by Gasteiger charge is 2.20. The van der Waals surface area contributed by atoms with Gasteiger partial charge in [0.05, 0.1) is 23.2 Å². The van der Waals surface area contributed by atoms with Crippen LogP contribution < -0.4 is 0 Å². The lowest BCUT2D eigenvalue weighted by Gasteiger charge is -2.08. The Morgan fingerprint density at radius 1 is 1.25 bits per heavy atom. The van der Waals surface area contributed by atoms with Crippen molar-refractivity contribution in [3.63, 3.8) is 0 Å². The first-order chi connectivity index (χ1) is 9.81. The summed E-state index contributed by atoms with van der Waals surface area (Å²) >= 11 is 0. The van der Waals surface area contributed by atoms with Crippen LogP contribution in [0.2, 0.25) is 0 Å². The van der Waals surface area contributed by atoms with E-state index in [2.05, 4.69) is 11.2 Å². The Morgan fingerprint density at radius 2 is 1.95 bits per heavy atom. The first-order valence-corrected chi connectivity index (χ1v) is 6.86. The minimum atomic E-state index is 0.417. The zero-order valence-electron chi connectivity index (χ0n) is 11.1. The number of aldehydes is 1. The average molecular weight is 265 g/mol. The molecule has 1 aliphatic rings. The third-order valence-corrected chi connectivity index (χ3v) is 3.87. The van der Waals surface area contributed by atoms with Crippen molar-refractivity contribution in [2.45, 2.75) is 31.7 Å². The van der Waals surface area contributed by atoms with Gasteiger partial charge in [0.25, 0.3) is 0 Å². The van der Waals surface area contributed by atoms with Crippen LogP contribution >= 0.6 is 0 Å². The molecule has 0 bridgehead atoms. The van der Waals surface area contributed by atoms with Gasteiger partial charge in [-0.2, -0.15) is 10.4 Å². The van der Waals surface area contributed by atoms with Gasteiger partial charge in [-0.1, -0.05) is 25.0 Å². The number of carbonyl (C=O) groups is 1. The summed E-state index contributed by atoms with van der Waals surface area (Å²) in [7, 11) is 0. The summed E-state index contributed by atoms with van der Waals surface area (Å²) < 4.78 is 1.93. The second-order valence-corrected chi connectivity index (χ2v) is 5.16. The van der Waals surface area contributed by atoms with Gasteiger partial charge >= 0.3 is 0 Å². The molecule has 0 unspecified atom stereocenters. The minimum absolute atomic E-state index is 0.417. The number of hydrogen-bond donors (Lipinski definition) is 0. The first kappa shape index (κ1) is 12.6. The first-order valence-electron chi connectivity index (χ1n) is 6.86. The molecule has 3 rings (SSSR count). The summed E-state index contributed by atoms with van der Waals surface area (Å²) in [6.07, 6.45) is 7.42. The lowest BCUT2D eigenvalue weighted by molar-refractivity contribution is 0.112. The van der Waals surface area contributed by atoms with E-state index in [0.717, 1.165) is 24.7 Å². The van der Waals surface area contributed by atoms with Gasteiger partial charge in [-0.3, -0.25) is 9.48 Å². The van der Waals surface area contributed by atoms with Crippen molar-refractivity contribution >= 4 is 6.29 Å². The van der Waals surface area contributed by atoms with Crippen LogP contribution in [0.25, 0.3) is 11.3 Å². The Balaban J connectivity index is 1.98. The smallest absolute Gasteiger partial charge is 0.153 e. The Hall–Kier alpha value is -2.41. The summed E-state index contributed by atoms with van der Waals surface area (Å²) in [5.74, 6) is 0. The summed E-state index contributed by atoms with van der Waals surface area (Å²) in [6, 6.07) is 9.68. The van der Waals surface area contributed by atoms with E-state index in [1.54, 1.807) is 12.1 Å². The van der Waals surface area contributed by atoms with Crippen molar-refractivity contribution in [2.75, 3.05) is 0 Å². The van der Waals surface area contributed by atoms with E-state index in [-0.39, 0.29) is 0 Å². The second kappa shape index (κ2) is 5.30. The van der Waals surface area contributed by atoms with Crippen LogP contribution in [0.1, 0.15) is 47.6 Å². The van der Waals surface area contributed by atoms with E-state index in [0.29, 0.717) is 22.9 Å². The van der Waals surface area contributed by atoms with Crippen LogP contribution in [-0.4, -0.2) is 16.1 Å². The Bertz CT molecular complexity index is 658. The van der Waals surface area contributed by atoms with Gasteiger partial charge in [0.1, 0.15) is 5.69 Å². The van der Waals surface area contributed by atoms with Crippen molar-refractivity contribution in [1.29, 1.82) is 5.26 Å². The molecule has 1 aliphatic carbocycles.